The standard InChI is InChI=1S/C42H52N4O5/c1-28(2)22-24-50-35-19-15-30(16-20-35)33-26-44-38(45-27-33)31-11-9-29(10-12-31)25-36(40(49)43-23-21-37(47)51-42(6,7)8)46-39(48)32-13-17-34(18-14-32)41(3,4)5/h9-20,26-28,36H,21-25H2,1-8H3,(H,43,49)(H,46,48)/t36-/m0/s1. The third-order valence-corrected chi connectivity index (χ3v) is 8.14. The van der Waals surface area contributed by atoms with Gasteiger partial charge in [-0.15, -0.1) is 0 Å². The van der Waals surface area contributed by atoms with Crippen molar-refractivity contribution in [3.8, 4) is 28.3 Å². The first-order valence-corrected chi connectivity index (χ1v) is 17.6. The molecule has 0 aliphatic rings. The maximum Gasteiger partial charge on any atom is 0.308 e. The monoisotopic (exact) mass is 692 g/mol. The van der Waals surface area contributed by atoms with Gasteiger partial charge in [0.1, 0.15) is 17.4 Å². The second-order valence-electron chi connectivity index (χ2n) is 15.2. The first-order valence-electron chi connectivity index (χ1n) is 17.6. The van der Waals surface area contributed by atoms with Crippen LogP contribution < -0.4 is 15.4 Å². The molecule has 1 atom stereocenters. The van der Waals surface area contributed by atoms with Crippen molar-refractivity contribution in [3.63, 3.8) is 0 Å². The molecule has 0 saturated carbocycles. The summed E-state index contributed by atoms with van der Waals surface area (Å²) in [5.41, 5.74) is 4.43. The Bertz CT molecular complexity index is 1740. The minimum atomic E-state index is -0.883. The molecule has 1 heterocycles. The summed E-state index contributed by atoms with van der Waals surface area (Å²) in [6.45, 7) is 16.8. The molecule has 51 heavy (non-hydrogen) atoms. The largest absolute Gasteiger partial charge is 0.494 e. The number of amides is 2. The van der Waals surface area contributed by atoms with Gasteiger partial charge in [-0.1, -0.05) is 83.1 Å². The highest BCUT2D eigenvalue weighted by molar-refractivity contribution is 5.97. The van der Waals surface area contributed by atoms with Crippen LogP contribution in [-0.4, -0.2) is 52.5 Å². The molecule has 9 nitrogen and oxygen atoms in total. The summed E-state index contributed by atoms with van der Waals surface area (Å²) >= 11 is 0. The lowest BCUT2D eigenvalue weighted by atomic mass is 9.86. The van der Waals surface area contributed by atoms with E-state index in [1.165, 1.54) is 0 Å². The van der Waals surface area contributed by atoms with Crippen molar-refractivity contribution >= 4 is 17.8 Å². The Kier molecular flexibility index (Phi) is 13.1. The fraction of sp³-hybridized carbons (Fsp3) is 0.405. The third-order valence-electron chi connectivity index (χ3n) is 8.14. The SMILES string of the molecule is CC(C)CCOc1ccc(-c2cnc(-c3ccc(C[C@H](NC(=O)c4ccc(C(C)(C)C)cc4)C(=O)NCCC(=O)OC(C)(C)C)cc3)nc2)cc1. The number of hydrogen-bond donors (Lipinski definition) is 2. The molecule has 0 saturated heterocycles. The molecule has 3 aromatic carbocycles. The summed E-state index contributed by atoms with van der Waals surface area (Å²) in [5.74, 6) is 0.846. The van der Waals surface area contributed by atoms with Gasteiger partial charge in [0.15, 0.2) is 5.82 Å². The van der Waals surface area contributed by atoms with E-state index >= 15 is 0 Å². The van der Waals surface area contributed by atoms with Crippen LogP contribution in [-0.2, 0) is 26.2 Å². The molecule has 0 spiro atoms. The number of benzene rings is 3. The van der Waals surface area contributed by atoms with Gasteiger partial charge < -0.3 is 20.1 Å². The van der Waals surface area contributed by atoms with Crippen LogP contribution in [0.4, 0.5) is 0 Å². The Morgan fingerprint density at radius 3 is 1.94 bits per heavy atom. The van der Waals surface area contributed by atoms with Crippen molar-refractivity contribution in [1.29, 1.82) is 0 Å². The number of hydrogen-bond acceptors (Lipinski definition) is 7. The van der Waals surface area contributed by atoms with Gasteiger partial charge in [-0.2, -0.15) is 0 Å². The maximum atomic E-state index is 13.4. The van der Waals surface area contributed by atoms with E-state index in [1.807, 2.05) is 60.7 Å². The predicted molar refractivity (Wildman–Crippen MR) is 201 cm³/mol. The van der Waals surface area contributed by atoms with E-state index in [-0.39, 0.29) is 30.7 Å². The Hall–Kier alpha value is -5.05. The highest BCUT2D eigenvalue weighted by atomic mass is 16.6. The first kappa shape index (κ1) is 38.7. The van der Waals surface area contributed by atoms with Crippen molar-refractivity contribution < 1.29 is 23.9 Å². The lowest BCUT2D eigenvalue weighted by molar-refractivity contribution is -0.154. The van der Waals surface area contributed by atoms with Gasteiger partial charge in [0.25, 0.3) is 5.91 Å². The topological polar surface area (TPSA) is 120 Å². The van der Waals surface area contributed by atoms with Crippen molar-refractivity contribution in [3.05, 3.63) is 102 Å². The van der Waals surface area contributed by atoms with E-state index in [4.69, 9.17) is 9.47 Å². The normalized spacial score (nSPS) is 12.3. The number of rotatable bonds is 14. The zero-order chi connectivity index (χ0) is 37.2. The second kappa shape index (κ2) is 17.2. The average Bonchev–Trinajstić information content (AvgIpc) is 3.07. The predicted octanol–water partition coefficient (Wildman–Crippen LogP) is 7.72. The van der Waals surface area contributed by atoms with Crippen LogP contribution >= 0.6 is 0 Å². The number of ether oxygens (including phenoxy) is 2. The molecule has 2 amide bonds. The molecule has 9 heteroatoms. The van der Waals surface area contributed by atoms with Gasteiger partial charge in [0.2, 0.25) is 5.91 Å². The fourth-order valence-corrected chi connectivity index (χ4v) is 5.18. The smallest absolute Gasteiger partial charge is 0.308 e. The van der Waals surface area contributed by atoms with E-state index < -0.39 is 23.5 Å². The summed E-state index contributed by atoms with van der Waals surface area (Å²) < 4.78 is 11.2. The van der Waals surface area contributed by atoms with E-state index in [1.54, 1.807) is 45.3 Å². The van der Waals surface area contributed by atoms with Crippen molar-refractivity contribution in [2.45, 2.75) is 91.7 Å². The first-order chi connectivity index (χ1) is 24.1. The summed E-state index contributed by atoms with van der Waals surface area (Å²) in [7, 11) is 0. The number of aromatic nitrogens is 2. The zero-order valence-electron chi connectivity index (χ0n) is 31.2. The summed E-state index contributed by atoms with van der Waals surface area (Å²) in [6.07, 6.45) is 4.86. The average molecular weight is 693 g/mol. The van der Waals surface area contributed by atoms with Crippen LogP contribution in [0, 0.1) is 5.92 Å². The maximum absolute atomic E-state index is 13.4. The van der Waals surface area contributed by atoms with Gasteiger partial charge in [-0.3, -0.25) is 14.4 Å². The Balaban J connectivity index is 1.43. The fourth-order valence-electron chi connectivity index (χ4n) is 5.18. The van der Waals surface area contributed by atoms with Gasteiger partial charge in [0, 0.05) is 42.0 Å². The molecular formula is C42H52N4O5. The van der Waals surface area contributed by atoms with Crippen LogP contribution in [0.5, 0.6) is 5.75 Å². The number of nitrogens with one attached hydrogen (secondary N) is 2. The van der Waals surface area contributed by atoms with E-state index in [2.05, 4.69) is 55.2 Å². The minimum Gasteiger partial charge on any atom is -0.494 e. The molecule has 0 aliphatic carbocycles. The number of esters is 1. The molecule has 270 valence electrons. The molecule has 4 rings (SSSR count). The van der Waals surface area contributed by atoms with Crippen molar-refractivity contribution in [1.82, 2.24) is 20.6 Å². The summed E-state index contributed by atoms with van der Waals surface area (Å²) in [5, 5.41) is 5.70. The minimum absolute atomic E-state index is 0.0175. The van der Waals surface area contributed by atoms with Gasteiger partial charge >= 0.3 is 5.97 Å². The van der Waals surface area contributed by atoms with Gasteiger partial charge in [0.05, 0.1) is 13.0 Å². The van der Waals surface area contributed by atoms with Crippen LogP contribution in [0.2, 0.25) is 0 Å². The highest BCUT2D eigenvalue weighted by Gasteiger charge is 2.24. The quantitative estimate of drug-likeness (QED) is 0.130. The van der Waals surface area contributed by atoms with Crippen molar-refractivity contribution in [2.24, 2.45) is 5.92 Å². The molecule has 0 unspecified atom stereocenters. The summed E-state index contributed by atoms with van der Waals surface area (Å²) in [6, 6.07) is 22.0. The van der Waals surface area contributed by atoms with E-state index in [0.29, 0.717) is 23.9 Å². The number of nitrogens with zero attached hydrogens (tertiary/aromatic N) is 2. The Morgan fingerprint density at radius 1 is 0.765 bits per heavy atom. The number of carbonyl (C=O) groups excluding carboxylic acids is 3. The molecule has 1 aromatic heterocycles. The van der Waals surface area contributed by atoms with Gasteiger partial charge in [-0.25, -0.2) is 9.97 Å². The Labute approximate surface area is 302 Å². The molecule has 0 bridgehead atoms. The van der Waals surface area contributed by atoms with E-state index in [0.717, 1.165) is 40.0 Å². The molecule has 0 radical (unpaired) electrons. The zero-order valence-corrected chi connectivity index (χ0v) is 31.2. The lowest BCUT2D eigenvalue weighted by Gasteiger charge is -2.21. The van der Waals surface area contributed by atoms with E-state index in [9.17, 15) is 14.4 Å². The van der Waals surface area contributed by atoms with Crippen LogP contribution in [0.15, 0.2) is 85.2 Å². The Morgan fingerprint density at radius 2 is 1.37 bits per heavy atom. The van der Waals surface area contributed by atoms with Crippen LogP contribution in [0.1, 0.15) is 89.7 Å². The van der Waals surface area contributed by atoms with Gasteiger partial charge in [-0.05, 0) is 79.5 Å². The lowest BCUT2D eigenvalue weighted by Crippen LogP contribution is -2.48. The molecular weight excluding hydrogens is 640 g/mol. The van der Waals surface area contributed by atoms with Crippen molar-refractivity contribution in [2.75, 3.05) is 13.2 Å². The van der Waals surface area contributed by atoms with Crippen LogP contribution in [0.3, 0.4) is 0 Å². The molecule has 2 N–H and O–H groups in total. The second-order valence-corrected chi connectivity index (χ2v) is 15.2. The molecule has 0 aliphatic heterocycles. The molecule has 4 aromatic rings. The number of carbonyl (C=O) groups is 3. The third kappa shape index (κ3) is 12.3. The highest BCUT2D eigenvalue weighted by Crippen LogP contribution is 2.25. The summed E-state index contributed by atoms with van der Waals surface area (Å²) in [4.78, 5) is 48.1. The molecule has 0 fully saturated rings. The van der Waals surface area contributed by atoms with Crippen LogP contribution in [0.25, 0.3) is 22.5 Å².